The average molecular weight is 461 g/mol. The Kier molecular flexibility index (Phi) is 10.7. The molecule has 0 amide bonds. The summed E-state index contributed by atoms with van der Waals surface area (Å²) in [6.07, 6.45) is 0.988. The predicted octanol–water partition coefficient (Wildman–Crippen LogP) is 1.81. The third kappa shape index (κ3) is 7.61. The van der Waals surface area contributed by atoms with Crippen LogP contribution in [-0.2, 0) is 10.0 Å². The predicted molar refractivity (Wildman–Crippen MR) is 102 cm³/mol. The van der Waals surface area contributed by atoms with Crippen molar-refractivity contribution < 1.29 is 8.42 Å². The van der Waals surface area contributed by atoms with E-state index in [1.807, 2.05) is 0 Å². The number of rotatable bonds is 7. The molecule has 0 heterocycles. The first-order valence-electron chi connectivity index (χ1n) is 6.69. The highest BCUT2D eigenvalue weighted by molar-refractivity contribution is 14.0. The Hall–Kier alpha value is -0.580. The quantitative estimate of drug-likeness (QED) is 0.251. The summed E-state index contributed by atoms with van der Waals surface area (Å²) >= 11 is 5.79. The van der Waals surface area contributed by atoms with E-state index in [9.17, 15) is 8.42 Å². The fraction of sp³-hybridized carbons (Fsp3) is 0.462. The van der Waals surface area contributed by atoms with Crippen molar-refractivity contribution in [3.63, 3.8) is 0 Å². The monoisotopic (exact) mass is 460 g/mol. The van der Waals surface area contributed by atoms with Crippen molar-refractivity contribution in [3.8, 4) is 0 Å². The van der Waals surface area contributed by atoms with Crippen molar-refractivity contribution in [2.24, 2.45) is 4.99 Å². The molecule has 0 aliphatic heterocycles. The van der Waals surface area contributed by atoms with Gasteiger partial charge in [-0.25, -0.2) is 13.1 Å². The van der Waals surface area contributed by atoms with E-state index in [1.54, 1.807) is 19.2 Å². The van der Waals surface area contributed by atoms with Gasteiger partial charge in [-0.1, -0.05) is 24.6 Å². The maximum atomic E-state index is 12.0. The molecule has 0 bridgehead atoms. The SMILES string of the molecule is CCCNC(=NC)NCCNS(=O)(=O)c1cccc(Cl)c1.I. The van der Waals surface area contributed by atoms with E-state index < -0.39 is 10.0 Å². The van der Waals surface area contributed by atoms with Gasteiger partial charge in [0.2, 0.25) is 10.0 Å². The largest absolute Gasteiger partial charge is 0.356 e. The lowest BCUT2D eigenvalue weighted by Gasteiger charge is -2.12. The first-order chi connectivity index (χ1) is 9.99. The molecule has 0 unspecified atom stereocenters. The van der Waals surface area contributed by atoms with Crippen molar-refractivity contribution in [2.75, 3.05) is 26.7 Å². The number of hydrogen-bond donors (Lipinski definition) is 3. The molecule has 3 N–H and O–H groups in total. The number of benzene rings is 1. The molecule has 0 spiro atoms. The fourth-order valence-corrected chi connectivity index (χ4v) is 2.88. The summed E-state index contributed by atoms with van der Waals surface area (Å²) in [4.78, 5) is 4.19. The molecule has 0 aromatic heterocycles. The summed E-state index contributed by atoms with van der Waals surface area (Å²) in [6, 6.07) is 6.15. The van der Waals surface area contributed by atoms with E-state index in [4.69, 9.17) is 11.6 Å². The molecule has 0 fully saturated rings. The van der Waals surface area contributed by atoms with Crippen LogP contribution < -0.4 is 15.4 Å². The summed E-state index contributed by atoms with van der Waals surface area (Å²) in [6.45, 7) is 3.55. The van der Waals surface area contributed by atoms with E-state index in [1.165, 1.54) is 12.1 Å². The highest BCUT2D eigenvalue weighted by Gasteiger charge is 2.13. The summed E-state index contributed by atoms with van der Waals surface area (Å²) in [5, 5.41) is 6.51. The molecule has 126 valence electrons. The van der Waals surface area contributed by atoms with Gasteiger partial charge in [-0.2, -0.15) is 0 Å². The maximum Gasteiger partial charge on any atom is 0.240 e. The Morgan fingerprint density at radius 1 is 1.23 bits per heavy atom. The molecule has 1 aromatic carbocycles. The molecular weight excluding hydrogens is 439 g/mol. The van der Waals surface area contributed by atoms with Gasteiger partial charge in [-0.15, -0.1) is 24.0 Å². The minimum atomic E-state index is -3.54. The molecule has 0 aliphatic carbocycles. The number of nitrogens with one attached hydrogen (secondary N) is 3. The molecule has 22 heavy (non-hydrogen) atoms. The summed E-state index contributed by atoms with van der Waals surface area (Å²) in [5.74, 6) is 0.652. The van der Waals surface area contributed by atoms with E-state index >= 15 is 0 Å². The van der Waals surface area contributed by atoms with Gasteiger partial charge in [-0.05, 0) is 24.6 Å². The van der Waals surface area contributed by atoms with Crippen LogP contribution in [0.5, 0.6) is 0 Å². The van der Waals surface area contributed by atoms with Gasteiger partial charge in [0.25, 0.3) is 0 Å². The van der Waals surface area contributed by atoms with Gasteiger partial charge in [0.05, 0.1) is 4.90 Å². The van der Waals surface area contributed by atoms with Crippen LogP contribution in [0.25, 0.3) is 0 Å². The van der Waals surface area contributed by atoms with Gasteiger partial charge in [0, 0.05) is 31.7 Å². The standard InChI is InChI=1S/C13H21ClN4O2S.HI/c1-3-7-16-13(15-2)17-8-9-18-21(19,20)12-6-4-5-11(14)10-12;/h4-6,10,18H,3,7-9H2,1-2H3,(H2,15,16,17);1H. The molecule has 0 saturated heterocycles. The highest BCUT2D eigenvalue weighted by atomic mass is 127. The lowest BCUT2D eigenvalue weighted by molar-refractivity contribution is 0.580. The summed E-state index contributed by atoms with van der Waals surface area (Å²) in [5.41, 5.74) is 0. The number of sulfonamides is 1. The third-order valence-corrected chi connectivity index (χ3v) is 4.28. The van der Waals surface area contributed by atoms with E-state index in [0.717, 1.165) is 13.0 Å². The van der Waals surface area contributed by atoms with Gasteiger partial charge < -0.3 is 10.6 Å². The zero-order valence-electron chi connectivity index (χ0n) is 12.6. The number of halogens is 2. The second-order valence-corrected chi connectivity index (χ2v) is 6.48. The van der Waals surface area contributed by atoms with Crippen LogP contribution in [-0.4, -0.2) is 41.1 Å². The van der Waals surface area contributed by atoms with Gasteiger partial charge in [0.1, 0.15) is 0 Å². The minimum Gasteiger partial charge on any atom is -0.356 e. The molecule has 0 aliphatic rings. The van der Waals surface area contributed by atoms with Crippen LogP contribution in [0.4, 0.5) is 0 Å². The van der Waals surface area contributed by atoms with Crippen LogP contribution >= 0.6 is 35.6 Å². The van der Waals surface area contributed by atoms with Gasteiger partial charge >= 0.3 is 0 Å². The van der Waals surface area contributed by atoms with Crippen molar-refractivity contribution >= 4 is 51.6 Å². The molecule has 6 nitrogen and oxygen atoms in total. The van der Waals surface area contributed by atoms with E-state index in [2.05, 4.69) is 27.3 Å². The molecule has 1 aromatic rings. The number of aliphatic imine (C=N–C) groups is 1. The molecule has 0 saturated carbocycles. The Balaban J connectivity index is 0.00000441. The van der Waals surface area contributed by atoms with Gasteiger partial charge in [0.15, 0.2) is 5.96 Å². The summed E-state index contributed by atoms with van der Waals surface area (Å²) < 4.78 is 26.6. The van der Waals surface area contributed by atoms with Crippen LogP contribution in [0.3, 0.4) is 0 Å². The lowest BCUT2D eigenvalue weighted by Crippen LogP contribution is -2.41. The normalized spacial score (nSPS) is 11.7. The zero-order chi connectivity index (χ0) is 15.7. The fourth-order valence-electron chi connectivity index (χ4n) is 1.55. The molecular formula is C13H22ClIN4O2S. The molecule has 0 atom stereocenters. The zero-order valence-corrected chi connectivity index (χ0v) is 16.5. The maximum absolute atomic E-state index is 12.0. The lowest BCUT2D eigenvalue weighted by atomic mass is 10.4. The second kappa shape index (κ2) is 11.0. The van der Waals surface area contributed by atoms with Crippen LogP contribution in [0.2, 0.25) is 5.02 Å². The second-order valence-electron chi connectivity index (χ2n) is 4.28. The van der Waals surface area contributed by atoms with Crippen molar-refractivity contribution in [2.45, 2.75) is 18.2 Å². The average Bonchev–Trinajstić information content (AvgIpc) is 2.46. The number of hydrogen-bond acceptors (Lipinski definition) is 3. The van der Waals surface area contributed by atoms with Crippen molar-refractivity contribution in [3.05, 3.63) is 29.3 Å². The van der Waals surface area contributed by atoms with E-state index in [-0.39, 0.29) is 35.4 Å². The van der Waals surface area contributed by atoms with Crippen LogP contribution in [0.15, 0.2) is 34.2 Å². The minimum absolute atomic E-state index is 0. The Morgan fingerprint density at radius 2 is 1.91 bits per heavy atom. The molecule has 1 rings (SSSR count). The molecule has 0 radical (unpaired) electrons. The van der Waals surface area contributed by atoms with Crippen LogP contribution in [0, 0.1) is 0 Å². The first-order valence-corrected chi connectivity index (χ1v) is 8.55. The first kappa shape index (κ1) is 21.4. The summed E-state index contributed by atoms with van der Waals surface area (Å²) in [7, 11) is -1.87. The Bertz CT molecular complexity index is 581. The Labute approximate surface area is 154 Å². The topological polar surface area (TPSA) is 82.6 Å². The van der Waals surface area contributed by atoms with Gasteiger partial charge in [-0.3, -0.25) is 4.99 Å². The highest BCUT2D eigenvalue weighted by Crippen LogP contribution is 2.14. The molecule has 9 heteroatoms. The smallest absolute Gasteiger partial charge is 0.240 e. The number of guanidine groups is 1. The number of nitrogens with zero attached hydrogens (tertiary/aromatic N) is 1. The van der Waals surface area contributed by atoms with Crippen LogP contribution in [0.1, 0.15) is 13.3 Å². The Morgan fingerprint density at radius 3 is 2.50 bits per heavy atom. The van der Waals surface area contributed by atoms with Crippen molar-refractivity contribution in [1.82, 2.24) is 15.4 Å². The van der Waals surface area contributed by atoms with Crippen molar-refractivity contribution in [1.29, 1.82) is 0 Å². The van der Waals surface area contributed by atoms with E-state index in [0.29, 0.717) is 17.5 Å². The third-order valence-electron chi connectivity index (χ3n) is 2.58.